The van der Waals surface area contributed by atoms with Crippen LogP contribution in [-0.4, -0.2) is 154 Å². The lowest BCUT2D eigenvalue weighted by molar-refractivity contribution is 0.00698. The van der Waals surface area contributed by atoms with E-state index in [9.17, 15) is 16.8 Å². The topological polar surface area (TPSA) is 118 Å². The molecule has 46 heavy (non-hydrogen) atoms. The second kappa shape index (κ2) is 18.5. The summed E-state index contributed by atoms with van der Waals surface area (Å²) in [6.07, 6.45) is 0. The van der Waals surface area contributed by atoms with Crippen molar-refractivity contribution in [3.8, 4) is 0 Å². The van der Waals surface area contributed by atoms with Crippen LogP contribution in [-0.2, 0) is 39.0 Å². The molecule has 2 bridgehead atoms. The average Bonchev–Trinajstić information content (AvgIpc) is 3.03. The lowest BCUT2D eigenvalue weighted by atomic mass is 10.2. The van der Waals surface area contributed by atoms with Crippen LogP contribution in [0.4, 0.5) is 0 Å². The first-order valence-electron chi connectivity index (χ1n) is 16.1. The fraction of sp³-hybridized carbons (Fsp3) is 0.625. The van der Waals surface area contributed by atoms with Gasteiger partial charge in [-0.05, 0) is 38.1 Å². The van der Waals surface area contributed by atoms with Gasteiger partial charge in [0.1, 0.15) is 0 Å². The minimum absolute atomic E-state index is 0.00559. The van der Waals surface area contributed by atoms with Gasteiger partial charge in [0.25, 0.3) is 0 Å². The molecule has 0 aromatic heterocycles. The Bertz CT molecular complexity index is 1260. The van der Waals surface area contributed by atoms with Crippen LogP contribution in [0.2, 0.25) is 0 Å². The number of hydrogen-bond acceptors (Lipinski definition) is 10. The van der Waals surface area contributed by atoms with Crippen molar-refractivity contribution in [2.24, 2.45) is 0 Å². The summed E-state index contributed by atoms with van der Waals surface area (Å²) in [6.45, 7) is 11.0. The first-order chi connectivity index (χ1) is 22.2. The summed E-state index contributed by atoms with van der Waals surface area (Å²) >= 11 is 0. The third-order valence-corrected chi connectivity index (χ3v) is 12.0. The molecule has 12 nitrogen and oxygen atoms in total. The second-order valence-electron chi connectivity index (χ2n) is 11.6. The zero-order valence-electron chi connectivity index (χ0n) is 27.2. The molecule has 2 aromatic rings. The van der Waals surface area contributed by atoms with Gasteiger partial charge in [-0.3, -0.25) is 9.80 Å². The maximum atomic E-state index is 14.1. The third kappa shape index (κ3) is 11.3. The molecule has 0 radical (unpaired) electrons. The standard InChI is InChI=1S/C32H50N4O8S2/c1-29-3-7-31(8-4-29)45(37,38)35-13-11-33-17-21-41-25-27-43-23-19-34(20-24-44-28-26-42-22-18-33)12-14-36(16-15-35)46(39,40)32-9-5-30(2)6-10-32/h3-10H,11-28H2,1-2H3. The van der Waals surface area contributed by atoms with Crippen LogP contribution in [0.15, 0.2) is 58.3 Å². The minimum Gasteiger partial charge on any atom is -0.378 e. The quantitative estimate of drug-likeness (QED) is 0.472. The second-order valence-corrected chi connectivity index (χ2v) is 15.4. The van der Waals surface area contributed by atoms with E-state index in [1.165, 1.54) is 8.61 Å². The third-order valence-electron chi connectivity index (χ3n) is 8.20. The monoisotopic (exact) mass is 682 g/mol. The molecule has 3 heterocycles. The van der Waals surface area contributed by atoms with Crippen molar-refractivity contribution in [1.29, 1.82) is 0 Å². The highest BCUT2D eigenvalue weighted by Gasteiger charge is 2.30. The molecule has 0 amide bonds. The molecule has 5 rings (SSSR count). The van der Waals surface area contributed by atoms with Crippen LogP contribution in [0.1, 0.15) is 11.1 Å². The summed E-state index contributed by atoms with van der Waals surface area (Å²) in [7, 11) is -7.85. The van der Waals surface area contributed by atoms with Crippen molar-refractivity contribution in [2.45, 2.75) is 23.6 Å². The van der Waals surface area contributed by atoms with Gasteiger partial charge in [0.05, 0.1) is 62.6 Å². The van der Waals surface area contributed by atoms with Gasteiger partial charge in [-0.2, -0.15) is 8.61 Å². The largest absolute Gasteiger partial charge is 0.378 e. The number of sulfonamides is 2. The SMILES string of the molecule is Cc1ccc(S(=O)(=O)N2CCN3CCOCCOCCN(CCOCCOCC3)CCN(S(=O)(=O)c3ccc(C)cc3)CC2)cc1. The number of nitrogens with zero attached hydrogens (tertiary/aromatic N) is 4. The van der Waals surface area contributed by atoms with Crippen molar-refractivity contribution < 1.29 is 35.8 Å². The first kappa shape index (κ1) is 36.8. The van der Waals surface area contributed by atoms with Crippen LogP contribution in [0.5, 0.6) is 0 Å². The Kier molecular flexibility index (Phi) is 14.8. The summed E-state index contributed by atoms with van der Waals surface area (Å²) in [5, 5.41) is 0. The summed E-state index contributed by atoms with van der Waals surface area (Å²) in [6, 6.07) is 13.5. The van der Waals surface area contributed by atoms with E-state index in [1.54, 1.807) is 48.5 Å². The van der Waals surface area contributed by atoms with Crippen LogP contribution in [0.3, 0.4) is 0 Å². The molecule has 2 aromatic carbocycles. The average molecular weight is 683 g/mol. The van der Waals surface area contributed by atoms with Gasteiger partial charge in [-0.15, -0.1) is 0 Å². The lowest BCUT2D eigenvalue weighted by Gasteiger charge is -2.31. The molecule has 14 heteroatoms. The minimum atomic E-state index is -3.93. The number of aryl methyl sites for hydroxylation is 2. The number of ether oxygens (including phenoxy) is 4. The molecule has 3 aliphatic rings. The number of fused-ring (bicyclic) bond motifs is 21. The molecule has 0 N–H and O–H groups in total. The molecule has 258 valence electrons. The van der Waals surface area contributed by atoms with Gasteiger partial charge in [-0.1, -0.05) is 35.4 Å². The van der Waals surface area contributed by atoms with Crippen molar-refractivity contribution in [3.63, 3.8) is 0 Å². The fourth-order valence-electron chi connectivity index (χ4n) is 5.24. The number of rotatable bonds is 4. The summed E-state index contributed by atoms with van der Waals surface area (Å²) < 4.78 is 82.4. The van der Waals surface area contributed by atoms with E-state index in [1.807, 2.05) is 13.8 Å². The van der Waals surface area contributed by atoms with Gasteiger partial charge >= 0.3 is 0 Å². The molecule has 3 saturated heterocycles. The van der Waals surface area contributed by atoms with E-state index in [0.717, 1.165) is 11.1 Å². The van der Waals surface area contributed by atoms with E-state index >= 15 is 0 Å². The smallest absolute Gasteiger partial charge is 0.243 e. The van der Waals surface area contributed by atoms with Crippen LogP contribution in [0.25, 0.3) is 0 Å². The molecule has 0 unspecified atom stereocenters. The Morgan fingerprint density at radius 2 is 0.696 bits per heavy atom. The first-order valence-corrected chi connectivity index (χ1v) is 18.9. The van der Waals surface area contributed by atoms with E-state index in [-0.39, 0.29) is 36.0 Å². The Morgan fingerprint density at radius 3 is 1.00 bits per heavy atom. The molecular weight excluding hydrogens is 633 g/mol. The molecule has 0 spiro atoms. The van der Waals surface area contributed by atoms with E-state index < -0.39 is 20.0 Å². The Hall–Kier alpha value is -1.98. The highest BCUT2D eigenvalue weighted by Crippen LogP contribution is 2.20. The van der Waals surface area contributed by atoms with Crippen molar-refractivity contribution in [3.05, 3.63) is 59.7 Å². The highest BCUT2D eigenvalue weighted by atomic mass is 32.2. The van der Waals surface area contributed by atoms with Crippen molar-refractivity contribution in [2.75, 3.05) is 118 Å². The summed E-state index contributed by atoms with van der Waals surface area (Å²) in [5.41, 5.74) is 1.91. The predicted molar refractivity (Wildman–Crippen MR) is 176 cm³/mol. The van der Waals surface area contributed by atoms with Gasteiger partial charge in [-0.25, -0.2) is 16.8 Å². The Labute approximate surface area is 275 Å². The zero-order valence-corrected chi connectivity index (χ0v) is 28.9. The van der Waals surface area contributed by atoms with Gasteiger partial charge in [0.15, 0.2) is 0 Å². The zero-order chi connectivity index (χ0) is 32.8. The molecule has 0 saturated carbocycles. The Balaban J connectivity index is 1.68. The lowest BCUT2D eigenvalue weighted by Crippen LogP contribution is -2.47. The molecule has 0 aliphatic carbocycles. The van der Waals surface area contributed by atoms with Crippen LogP contribution >= 0.6 is 0 Å². The maximum Gasteiger partial charge on any atom is 0.243 e. The van der Waals surface area contributed by atoms with Gasteiger partial charge in [0.2, 0.25) is 20.0 Å². The van der Waals surface area contributed by atoms with Crippen molar-refractivity contribution >= 4 is 20.0 Å². The number of benzene rings is 2. The van der Waals surface area contributed by atoms with Crippen molar-refractivity contribution in [1.82, 2.24) is 18.4 Å². The van der Waals surface area contributed by atoms with E-state index in [2.05, 4.69) is 9.80 Å². The molecular formula is C32H50N4O8S2. The Morgan fingerprint density at radius 1 is 0.413 bits per heavy atom. The summed E-state index contributed by atoms with van der Waals surface area (Å²) in [5.74, 6) is 0. The van der Waals surface area contributed by atoms with Gasteiger partial charge < -0.3 is 18.9 Å². The maximum absolute atomic E-state index is 14.1. The molecule has 3 fully saturated rings. The molecule has 3 aliphatic heterocycles. The normalized spacial score (nSPS) is 23.9. The molecule has 0 atom stereocenters. The number of hydrogen-bond donors (Lipinski definition) is 0. The highest BCUT2D eigenvalue weighted by molar-refractivity contribution is 7.89. The van der Waals surface area contributed by atoms with E-state index in [4.69, 9.17) is 18.9 Å². The van der Waals surface area contributed by atoms with E-state index in [0.29, 0.717) is 92.1 Å². The fourth-order valence-corrected chi connectivity index (χ4v) is 8.09. The summed E-state index contributed by atoms with van der Waals surface area (Å²) in [4.78, 5) is 4.59. The van der Waals surface area contributed by atoms with Crippen LogP contribution < -0.4 is 0 Å². The van der Waals surface area contributed by atoms with Crippen LogP contribution in [0, 0.1) is 13.8 Å². The van der Waals surface area contributed by atoms with Gasteiger partial charge in [0, 0.05) is 65.4 Å². The predicted octanol–water partition coefficient (Wildman–Crippen LogP) is 1.68.